The first-order valence-corrected chi connectivity index (χ1v) is 10.6. The van der Waals surface area contributed by atoms with E-state index in [0.717, 1.165) is 55.1 Å². The van der Waals surface area contributed by atoms with E-state index in [4.69, 9.17) is 19.4 Å². The number of nitrogens with zero attached hydrogens (tertiary/aromatic N) is 3. The van der Waals surface area contributed by atoms with Gasteiger partial charge in [-0.05, 0) is 43.7 Å². The predicted molar refractivity (Wildman–Crippen MR) is 113 cm³/mol. The molecule has 6 heteroatoms. The van der Waals surface area contributed by atoms with Crippen LogP contribution in [-0.4, -0.2) is 56.0 Å². The summed E-state index contributed by atoms with van der Waals surface area (Å²) in [4.78, 5) is 12.2. The standard InChI is InChI=1S/C22H32N4O2/c1-27-17-11-13-26(14-12-17)22-21(24-18-9-5-6-10-19(18)25-22)23-15-20(28-2)16-7-3-4-8-16/h5-6,9-10,16-17,20H,3-4,7-8,11-15H2,1-2H3,(H,23,24). The average Bonchev–Trinajstić information content (AvgIpc) is 3.28. The van der Waals surface area contributed by atoms with Crippen LogP contribution in [0.2, 0.25) is 0 Å². The molecule has 1 aromatic heterocycles. The maximum atomic E-state index is 5.82. The number of anilines is 2. The van der Waals surface area contributed by atoms with Crippen molar-refractivity contribution in [1.82, 2.24) is 9.97 Å². The Kier molecular flexibility index (Phi) is 6.27. The zero-order valence-corrected chi connectivity index (χ0v) is 17.1. The maximum Gasteiger partial charge on any atom is 0.172 e. The summed E-state index contributed by atoms with van der Waals surface area (Å²) in [6.45, 7) is 2.66. The van der Waals surface area contributed by atoms with Gasteiger partial charge in [0.15, 0.2) is 11.6 Å². The number of rotatable bonds is 7. The van der Waals surface area contributed by atoms with Gasteiger partial charge >= 0.3 is 0 Å². The summed E-state index contributed by atoms with van der Waals surface area (Å²) in [7, 11) is 3.63. The van der Waals surface area contributed by atoms with Crippen LogP contribution in [0.4, 0.5) is 11.6 Å². The van der Waals surface area contributed by atoms with E-state index in [1.165, 1.54) is 25.7 Å². The molecule has 1 N–H and O–H groups in total. The van der Waals surface area contributed by atoms with Gasteiger partial charge in [-0.1, -0.05) is 25.0 Å². The van der Waals surface area contributed by atoms with Crippen molar-refractivity contribution in [3.05, 3.63) is 24.3 Å². The molecule has 152 valence electrons. The second-order valence-corrected chi connectivity index (χ2v) is 8.01. The van der Waals surface area contributed by atoms with Crippen LogP contribution in [0, 0.1) is 5.92 Å². The van der Waals surface area contributed by atoms with Gasteiger partial charge in [0.25, 0.3) is 0 Å². The Labute approximate surface area is 167 Å². The van der Waals surface area contributed by atoms with Crippen LogP contribution >= 0.6 is 0 Å². The molecule has 4 rings (SSSR count). The van der Waals surface area contributed by atoms with Crippen LogP contribution in [0.3, 0.4) is 0 Å². The van der Waals surface area contributed by atoms with Gasteiger partial charge in [0.1, 0.15) is 0 Å². The Morgan fingerprint density at radius 3 is 2.36 bits per heavy atom. The lowest BCUT2D eigenvalue weighted by atomic mass is 10.0. The fourth-order valence-corrected chi connectivity index (χ4v) is 4.60. The summed E-state index contributed by atoms with van der Waals surface area (Å²) < 4.78 is 11.3. The van der Waals surface area contributed by atoms with Gasteiger partial charge in [-0.2, -0.15) is 0 Å². The molecule has 1 aliphatic heterocycles. The molecule has 2 fully saturated rings. The van der Waals surface area contributed by atoms with Crippen LogP contribution in [0.25, 0.3) is 11.0 Å². The van der Waals surface area contributed by atoms with E-state index in [2.05, 4.69) is 10.2 Å². The van der Waals surface area contributed by atoms with Crippen molar-refractivity contribution in [2.24, 2.45) is 5.92 Å². The molecule has 1 saturated carbocycles. The van der Waals surface area contributed by atoms with Gasteiger partial charge in [-0.15, -0.1) is 0 Å². The lowest BCUT2D eigenvalue weighted by molar-refractivity contribution is 0.0645. The Hall–Kier alpha value is -1.92. The minimum absolute atomic E-state index is 0.225. The second kappa shape index (κ2) is 9.05. The van der Waals surface area contributed by atoms with Gasteiger partial charge in [-0.25, -0.2) is 9.97 Å². The van der Waals surface area contributed by atoms with Gasteiger partial charge in [0, 0.05) is 33.9 Å². The molecule has 0 spiro atoms. The van der Waals surface area contributed by atoms with Crippen molar-refractivity contribution in [3.8, 4) is 0 Å². The van der Waals surface area contributed by atoms with E-state index >= 15 is 0 Å². The fraction of sp³-hybridized carbons (Fsp3) is 0.636. The van der Waals surface area contributed by atoms with Crippen LogP contribution < -0.4 is 10.2 Å². The Morgan fingerprint density at radius 1 is 1.04 bits per heavy atom. The summed E-state index contributed by atoms with van der Waals surface area (Å²) in [6.07, 6.45) is 7.78. The van der Waals surface area contributed by atoms with E-state index in [-0.39, 0.29) is 6.10 Å². The van der Waals surface area contributed by atoms with Gasteiger partial charge in [0.2, 0.25) is 0 Å². The number of hydrogen-bond acceptors (Lipinski definition) is 6. The molecule has 2 aliphatic rings. The number of fused-ring (bicyclic) bond motifs is 1. The highest BCUT2D eigenvalue weighted by Crippen LogP contribution is 2.31. The first-order chi connectivity index (χ1) is 13.8. The maximum absolute atomic E-state index is 5.82. The number of nitrogens with one attached hydrogen (secondary N) is 1. The Balaban J connectivity index is 1.56. The molecule has 0 bridgehead atoms. The molecular formula is C22H32N4O2. The molecule has 1 aromatic carbocycles. The van der Waals surface area contributed by atoms with Crippen LogP contribution in [0.1, 0.15) is 38.5 Å². The van der Waals surface area contributed by atoms with E-state index in [1.54, 1.807) is 7.11 Å². The highest BCUT2D eigenvalue weighted by atomic mass is 16.5. The monoisotopic (exact) mass is 384 g/mol. The number of methoxy groups -OCH3 is 2. The zero-order valence-electron chi connectivity index (χ0n) is 17.1. The number of para-hydroxylation sites is 2. The molecule has 6 nitrogen and oxygen atoms in total. The highest BCUT2D eigenvalue weighted by molar-refractivity contribution is 5.80. The lowest BCUT2D eigenvalue weighted by Gasteiger charge is -2.33. The first kappa shape index (κ1) is 19.4. The Bertz CT molecular complexity index is 770. The quantitative estimate of drug-likeness (QED) is 0.782. The molecule has 28 heavy (non-hydrogen) atoms. The van der Waals surface area contributed by atoms with Crippen molar-refractivity contribution in [2.75, 3.05) is 44.1 Å². The number of benzene rings is 1. The fourth-order valence-electron chi connectivity index (χ4n) is 4.60. The van der Waals surface area contributed by atoms with Crippen molar-refractivity contribution < 1.29 is 9.47 Å². The predicted octanol–water partition coefficient (Wildman–Crippen LogP) is 3.86. The van der Waals surface area contributed by atoms with E-state index in [9.17, 15) is 0 Å². The third-order valence-electron chi connectivity index (χ3n) is 6.33. The third kappa shape index (κ3) is 4.23. The highest BCUT2D eigenvalue weighted by Gasteiger charge is 2.27. The summed E-state index contributed by atoms with van der Waals surface area (Å²) in [6, 6.07) is 8.10. The van der Waals surface area contributed by atoms with E-state index < -0.39 is 0 Å². The number of ether oxygens (including phenoxy) is 2. The molecule has 1 unspecified atom stereocenters. The second-order valence-electron chi connectivity index (χ2n) is 8.01. The van der Waals surface area contributed by atoms with Crippen LogP contribution in [-0.2, 0) is 9.47 Å². The van der Waals surface area contributed by atoms with Crippen molar-refractivity contribution in [2.45, 2.75) is 50.7 Å². The van der Waals surface area contributed by atoms with E-state index in [1.807, 2.05) is 31.4 Å². The van der Waals surface area contributed by atoms with Crippen molar-refractivity contribution in [3.63, 3.8) is 0 Å². The van der Waals surface area contributed by atoms with E-state index in [0.29, 0.717) is 12.0 Å². The minimum Gasteiger partial charge on any atom is -0.381 e. The summed E-state index contributed by atoms with van der Waals surface area (Å²) in [5, 5.41) is 3.58. The smallest absolute Gasteiger partial charge is 0.172 e. The van der Waals surface area contributed by atoms with Crippen molar-refractivity contribution >= 4 is 22.7 Å². The molecule has 2 heterocycles. The summed E-state index contributed by atoms with van der Waals surface area (Å²) in [5.74, 6) is 2.47. The molecule has 0 amide bonds. The van der Waals surface area contributed by atoms with Crippen LogP contribution in [0.5, 0.6) is 0 Å². The molecule has 1 saturated heterocycles. The summed E-state index contributed by atoms with van der Waals surface area (Å²) >= 11 is 0. The SMILES string of the molecule is COC1CCN(c2nc3ccccc3nc2NCC(OC)C2CCCC2)CC1. The zero-order chi connectivity index (χ0) is 19.3. The van der Waals surface area contributed by atoms with Crippen LogP contribution in [0.15, 0.2) is 24.3 Å². The third-order valence-corrected chi connectivity index (χ3v) is 6.33. The Morgan fingerprint density at radius 2 is 1.71 bits per heavy atom. The largest absolute Gasteiger partial charge is 0.381 e. The molecule has 2 aromatic rings. The number of piperidine rings is 1. The summed E-state index contributed by atoms with van der Waals surface area (Å²) in [5.41, 5.74) is 1.87. The number of hydrogen-bond donors (Lipinski definition) is 1. The van der Waals surface area contributed by atoms with Gasteiger partial charge in [-0.3, -0.25) is 0 Å². The van der Waals surface area contributed by atoms with Crippen molar-refractivity contribution in [1.29, 1.82) is 0 Å². The van der Waals surface area contributed by atoms with Gasteiger partial charge in [0.05, 0.1) is 23.2 Å². The van der Waals surface area contributed by atoms with Gasteiger partial charge < -0.3 is 19.7 Å². The first-order valence-electron chi connectivity index (χ1n) is 10.6. The molecule has 1 aliphatic carbocycles. The molecule has 1 atom stereocenters. The molecule has 0 radical (unpaired) electrons. The minimum atomic E-state index is 0.225. The number of aromatic nitrogens is 2. The average molecular weight is 385 g/mol. The normalized spacial score (nSPS) is 20.0. The lowest BCUT2D eigenvalue weighted by Crippen LogP contribution is -2.38. The molecular weight excluding hydrogens is 352 g/mol. The topological polar surface area (TPSA) is 59.5 Å².